The molecule has 0 bridgehead atoms. The first kappa shape index (κ1) is 22.7. The molecule has 2 rings (SSSR count). The number of hydrogen-bond acceptors (Lipinski definition) is 4. The first-order valence-corrected chi connectivity index (χ1v) is 10.2. The maximum absolute atomic E-state index is 13.3. The van der Waals surface area contributed by atoms with E-state index in [0.717, 1.165) is 4.90 Å². The molecule has 1 aliphatic heterocycles. The summed E-state index contributed by atoms with van der Waals surface area (Å²) in [6.45, 7) is 11.0. The summed E-state index contributed by atoms with van der Waals surface area (Å²) in [5.74, 6) is 0.668. The Balaban J connectivity index is 2.24. The summed E-state index contributed by atoms with van der Waals surface area (Å²) < 4.78 is 5.18. The highest BCUT2D eigenvalue weighted by atomic mass is 16.5. The van der Waals surface area contributed by atoms with Gasteiger partial charge in [-0.05, 0) is 36.0 Å². The van der Waals surface area contributed by atoms with Gasteiger partial charge in [0.15, 0.2) is 0 Å². The SMILES string of the molecule is CC[C@@]1(c2ccc(OC)cc2)NC(=O)N(CC(=O)N(CC(C)C)CC(C)C)C1=O. The molecule has 1 saturated heterocycles. The molecule has 1 aromatic rings. The molecule has 0 aromatic heterocycles. The molecular formula is C22H33N3O4. The van der Waals surface area contributed by atoms with E-state index in [1.807, 2.05) is 34.6 Å². The average molecular weight is 404 g/mol. The number of hydrogen-bond donors (Lipinski definition) is 1. The van der Waals surface area contributed by atoms with Crippen LogP contribution in [0.5, 0.6) is 5.75 Å². The first-order valence-electron chi connectivity index (χ1n) is 10.2. The lowest BCUT2D eigenvalue weighted by atomic mass is 9.87. The van der Waals surface area contributed by atoms with Gasteiger partial charge in [0.1, 0.15) is 17.8 Å². The van der Waals surface area contributed by atoms with E-state index >= 15 is 0 Å². The smallest absolute Gasteiger partial charge is 0.325 e. The van der Waals surface area contributed by atoms with Crippen molar-refractivity contribution in [2.24, 2.45) is 11.8 Å². The van der Waals surface area contributed by atoms with Crippen LogP contribution >= 0.6 is 0 Å². The predicted molar refractivity (Wildman–Crippen MR) is 111 cm³/mol. The molecule has 0 spiro atoms. The second kappa shape index (κ2) is 9.29. The van der Waals surface area contributed by atoms with Crippen molar-refractivity contribution < 1.29 is 19.1 Å². The standard InChI is InChI=1S/C22H33N3O4/c1-7-22(17-8-10-18(29-6)11-9-17)20(27)25(21(28)23-22)14-19(26)24(12-15(2)3)13-16(4)5/h8-11,15-16H,7,12-14H2,1-6H3,(H,23,28)/t22-/m0/s1. The van der Waals surface area contributed by atoms with Gasteiger partial charge in [0.25, 0.3) is 5.91 Å². The van der Waals surface area contributed by atoms with E-state index in [0.29, 0.717) is 42.7 Å². The zero-order chi connectivity index (χ0) is 21.8. The average Bonchev–Trinajstić information content (AvgIpc) is 2.91. The van der Waals surface area contributed by atoms with E-state index in [1.165, 1.54) is 0 Å². The zero-order valence-electron chi connectivity index (χ0n) is 18.3. The van der Waals surface area contributed by atoms with Gasteiger partial charge in [0.05, 0.1) is 7.11 Å². The van der Waals surface area contributed by atoms with Crippen LogP contribution in [-0.4, -0.2) is 54.4 Å². The summed E-state index contributed by atoms with van der Waals surface area (Å²) in [5, 5.41) is 2.82. The van der Waals surface area contributed by atoms with Crippen LogP contribution in [0.25, 0.3) is 0 Å². The van der Waals surface area contributed by atoms with Crippen LogP contribution in [0.1, 0.15) is 46.6 Å². The van der Waals surface area contributed by atoms with Crippen molar-refractivity contribution in [2.75, 3.05) is 26.7 Å². The van der Waals surface area contributed by atoms with Crippen LogP contribution in [0.15, 0.2) is 24.3 Å². The van der Waals surface area contributed by atoms with Crippen LogP contribution in [0.3, 0.4) is 0 Å². The van der Waals surface area contributed by atoms with Gasteiger partial charge in [0.2, 0.25) is 5.91 Å². The van der Waals surface area contributed by atoms with Crippen molar-refractivity contribution in [3.63, 3.8) is 0 Å². The Kier molecular flexibility index (Phi) is 7.27. The van der Waals surface area contributed by atoms with E-state index in [1.54, 1.807) is 36.3 Å². The summed E-state index contributed by atoms with van der Waals surface area (Å²) in [7, 11) is 1.57. The molecular weight excluding hydrogens is 370 g/mol. The molecule has 1 heterocycles. The van der Waals surface area contributed by atoms with E-state index < -0.39 is 17.5 Å². The number of imide groups is 1. The number of nitrogens with one attached hydrogen (secondary N) is 1. The fourth-order valence-electron chi connectivity index (χ4n) is 3.68. The van der Waals surface area contributed by atoms with E-state index in [-0.39, 0.29) is 12.5 Å². The maximum Gasteiger partial charge on any atom is 0.325 e. The molecule has 29 heavy (non-hydrogen) atoms. The zero-order valence-corrected chi connectivity index (χ0v) is 18.3. The van der Waals surface area contributed by atoms with Gasteiger partial charge in [0, 0.05) is 13.1 Å². The fourth-order valence-corrected chi connectivity index (χ4v) is 3.68. The predicted octanol–water partition coefficient (Wildman–Crippen LogP) is 2.99. The molecule has 1 aliphatic rings. The Morgan fingerprint density at radius 1 is 1.10 bits per heavy atom. The number of carbonyl (C=O) groups excluding carboxylic acids is 3. The molecule has 7 heteroatoms. The number of methoxy groups -OCH3 is 1. The molecule has 1 N–H and O–H groups in total. The molecule has 1 aromatic carbocycles. The third-order valence-corrected chi connectivity index (χ3v) is 5.11. The monoisotopic (exact) mass is 403 g/mol. The normalized spacial score (nSPS) is 19.1. The minimum absolute atomic E-state index is 0.211. The number of benzene rings is 1. The number of urea groups is 1. The minimum atomic E-state index is -1.16. The van der Waals surface area contributed by atoms with Crippen molar-refractivity contribution in [1.82, 2.24) is 15.1 Å². The van der Waals surface area contributed by atoms with Crippen LogP contribution in [0.2, 0.25) is 0 Å². The molecule has 7 nitrogen and oxygen atoms in total. The van der Waals surface area contributed by atoms with E-state index in [2.05, 4.69) is 5.32 Å². The Hall–Kier alpha value is -2.57. The Morgan fingerprint density at radius 2 is 1.66 bits per heavy atom. The van der Waals surface area contributed by atoms with Gasteiger partial charge in [-0.3, -0.25) is 14.5 Å². The van der Waals surface area contributed by atoms with Gasteiger partial charge in [-0.2, -0.15) is 0 Å². The van der Waals surface area contributed by atoms with Gasteiger partial charge in [-0.1, -0.05) is 46.8 Å². The lowest BCUT2D eigenvalue weighted by Crippen LogP contribution is -2.47. The highest BCUT2D eigenvalue weighted by Crippen LogP contribution is 2.33. The van der Waals surface area contributed by atoms with Crippen molar-refractivity contribution in [1.29, 1.82) is 0 Å². The van der Waals surface area contributed by atoms with Crippen molar-refractivity contribution in [3.05, 3.63) is 29.8 Å². The van der Waals surface area contributed by atoms with Crippen molar-refractivity contribution in [2.45, 2.75) is 46.6 Å². The molecule has 0 radical (unpaired) electrons. The molecule has 4 amide bonds. The van der Waals surface area contributed by atoms with Gasteiger partial charge in [-0.15, -0.1) is 0 Å². The summed E-state index contributed by atoms with van der Waals surface area (Å²) >= 11 is 0. The topological polar surface area (TPSA) is 79.0 Å². The summed E-state index contributed by atoms with van der Waals surface area (Å²) in [6, 6.07) is 6.53. The lowest BCUT2D eigenvalue weighted by Gasteiger charge is -2.28. The second-order valence-corrected chi connectivity index (χ2v) is 8.40. The quantitative estimate of drug-likeness (QED) is 0.643. The highest BCUT2D eigenvalue weighted by Gasteiger charge is 2.51. The number of nitrogens with zero attached hydrogens (tertiary/aromatic N) is 2. The van der Waals surface area contributed by atoms with Crippen LogP contribution in [-0.2, 0) is 15.1 Å². The second-order valence-electron chi connectivity index (χ2n) is 8.40. The minimum Gasteiger partial charge on any atom is -0.497 e. The molecule has 0 saturated carbocycles. The summed E-state index contributed by atoms with van der Waals surface area (Å²) in [4.78, 5) is 41.6. The van der Waals surface area contributed by atoms with E-state index in [9.17, 15) is 14.4 Å². The Bertz CT molecular complexity index is 735. The fraction of sp³-hybridized carbons (Fsp3) is 0.591. The van der Waals surface area contributed by atoms with Crippen molar-refractivity contribution in [3.8, 4) is 5.75 Å². The molecule has 1 fully saturated rings. The highest BCUT2D eigenvalue weighted by molar-refractivity contribution is 6.09. The van der Waals surface area contributed by atoms with Gasteiger partial charge < -0.3 is 15.0 Å². The largest absolute Gasteiger partial charge is 0.497 e. The number of rotatable bonds is 9. The molecule has 0 aliphatic carbocycles. The van der Waals surface area contributed by atoms with Gasteiger partial charge >= 0.3 is 6.03 Å². The maximum atomic E-state index is 13.3. The third-order valence-electron chi connectivity index (χ3n) is 5.11. The van der Waals surface area contributed by atoms with Crippen LogP contribution in [0, 0.1) is 11.8 Å². The molecule has 1 atom stereocenters. The van der Waals surface area contributed by atoms with Crippen LogP contribution in [0.4, 0.5) is 4.79 Å². The summed E-state index contributed by atoms with van der Waals surface area (Å²) in [5.41, 5.74) is -0.486. The lowest BCUT2D eigenvalue weighted by molar-refractivity contribution is -0.139. The number of carbonyl (C=O) groups is 3. The molecule has 0 unspecified atom stereocenters. The Labute approximate surface area is 173 Å². The first-order chi connectivity index (χ1) is 13.6. The number of amides is 4. The van der Waals surface area contributed by atoms with Crippen molar-refractivity contribution >= 4 is 17.8 Å². The van der Waals surface area contributed by atoms with E-state index in [4.69, 9.17) is 4.74 Å². The van der Waals surface area contributed by atoms with Gasteiger partial charge in [-0.25, -0.2) is 4.79 Å². The Morgan fingerprint density at radius 3 is 2.10 bits per heavy atom. The van der Waals surface area contributed by atoms with Crippen LogP contribution < -0.4 is 10.1 Å². The molecule has 160 valence electrons. The summed E-state index contributed by atoms with van der Waals surface area (Å²) in [6.07, 6.45) is 0.385. The third kappa shape index (κ3) is 4.89. The number of ether oxygens (including phenoxy) is 1.